The number of amides is 1. The van der Waals surface area contributed by atoms with Crippen LogP contribution in [0.1, 0.15) is 17.3 Å². The number of fused-ring (bicyclic) bond motifs is 1. The smallest absolute Gasteiger partial charge is 0.267 e. The molecule has 10 heteroatoms. The second kappa shape index (κ2) is 8.56. The number of sulfonamides is 1. The minimum atomic E-state index is -3.92. The Morgan fingerprint density at radius 1 is 1.06 bits per heavy atom. The van der Waals surface area contributed by atoms with Gasteiger partial charge in [-0.2, -0.15) is 0 Å². The van der Waals surface area contributed by atoms with Crippen molar-refractivity contribution in [3.8, 4) is 11.5 Å². The summed E-state index contributed by atoms with van der Waals surface area (Å²) >= 11 is 0. The van der Waals surface area contributed by atoms with Crippen molar-refractivity contribution < 1.29 is 32.2 Å². The number of ether oxygens (including phenoxy) is 3. The highest BCUT2D eigenvalue weighted by Gasteiger charge is 2.32. The Morgan fingerprint density at radius 3 is 2.58 bits per heavy atom. The lowest BCUT2D eigenvalue weighted by Gasteiger charge is -2.32. The first-order chi connectivity index (χ1) is 14.8. The molecule has 164 valence electrons. The summed E-state index contributed by atoms with van der Waals surface area (Å²) in [5.41, 5.74) is 0.678. The monoisotopic (exact) mass is 446 g/mol. The molecule has 2 aliphatic rings. The molecule has 1 N–H and O–H groups in total. The van der Waals surface area contributed by atoms with E-state index in [1.54, 1.807) is 23.1 Å². The molecule has 0 aliphatic carbocycles. The summed E-state index contributed by atoms with van der Waals surface area (Å²) in [6.45, 7) is 3.36. The number of anilines is 1. The minimum absolute atomic E-state index is 0.0131. The van der Waals surface area contributed by atoms with E-state index in [1.165, 1.54) is 31.2 Å². The fourth-order valence-corrected chi connectivity index (χ4v) is 4.41. The predicted molar refractivity (Wildman–Crippen MR) is 111 cm³/mol. The number of hydrogen-bond acceptors (Lipinski definition) is 7. The van der Waals surface area contributed by atoms with Crippen LogP contribution >= 0.6 is 0 Å². The van der Waals surface area contributed by atoms with Gasteiger partial charge in [0.2, 0.25) is 6.10 Å². The molecule has 0 spiro atoms. The van der Waals surface area contributed by atoms with Gasteiger partial charge in [-0.3, -0.25) is 14.3 Å². The Labute approximate surface area is 179 Å². The Bertz CT molecular complexity index is 1110. The highest BCUT2D eigenvalue weighted by atomic mass is 32.2. The van der Waals surface area contributed by atoms with Gasteiger partial charge in [-0.15, -0.1) is 0 Å². The van der Waals surface area contributed by atoms with Gasteiger partial charge < -0.3 is 19.1 Å². The summed E-state index contributed by atoms with van der Waals surface area (Å²) < 4.78 is 44.7. The molecule has 2 aromatic rings. The van der Waals surface area contributed by atoms with Gasteiger partial charge in [-0.1, -0.05) is 12.1 Å². The van der Waals surface area contributed by atoms with Crippen LogP contribution in [0.2, 0.25) is 0 Å². The van der Waals surface area contributed by atoms with Gasteiger partial charge in [0.15, 0.2) is 17.3 Å². The zero-order chi connectivity index (χ0) is 22.0. The lowest BCUT2D eigenvalue weighted by Crippen LogP contribution is -2.50. The maximum Gasteiger partial charge on any atom is 0.267 e. The lowest BCUT2D eigenvalue weighted by molar-refractivity contribution is -0.145. The van der Waals surface area contributed by atoms with E-state index in [-0.39, 0.29) is 34.6 Å². The predicted octanol–water partition coefficient (Wildman–Crippen LogP) is 1.69. The van der Waals surface area contributed by atoms with Crippen molar-refractivity contribution in [2.24, 2.45) is 0 Å². The summed E-state index contributed by atoms with van der Waals surface area (Å²) in [6, 6.07) is 10.4. The first kappa shape index (κ1) is 21.1. The van der Waals surface area contributed by atoms with E-state index in [9.17, 15) is 18.0 Å². The van der Waals surface area contributed by atoms with Gasteiger partial charge in [-0.05, 0) is 31.2 Å². The summed E-state index contributed by atoms with van der Waals surface area (Å²) in [6.07, 6.45) is -0.791. The van der Waals surface area contributed by atoms with Crippen LogP contribution in [-0.2, 0) is 19.6 Å². The molecule has 2 heterocycles. The van der Waals surface area contributed by atoms with Crippen LogP contribution in [0.3, 0.4) is 0 Å². The Balaban J connectivity index is 1.49. The maximum absolute atomic E-state index is 12.8. The lowest BCUT2D eigenvalue weighted by atomic mass is 10.1. The van der Waals surface area contributed by atoms with Crippen molar-refractivity contribution >= 4 is 27.4 Å². The van der Waals surface area contributed by atoms with Crippen LogP contribution in [0.5, 0.6) is 11.5 Å². The summed E-state index contributed by atoms with van der Waals surface area (Å²) in [5, 5.41) is 0. The molecule has 1 fully saturated rings. The fraction of sp³-hybridized carbons (Fsp3) is 0.333. The number of carbonyl (C=O) groups is 2. The molecular formula is C21H22N2O7S. The topological polar surface area (TPSA) is 111 Å². The van der Waals surface area contributed by atoms with Crippen LogP contribution in [0.15, 0.2) is 47.4 Å². The van der Waals surface area contributed by atoms with E-state index in [1.807, 2.05) is 0 Å². The van der Waals surface area contributed by atoms with Crippen LogP contribution in [0, 0.1) is 0 Å². The van der Waals surface area contributed by atoms with E-state index < -0.39 is 16.1 Å². The highest BCUT2D eigenvalue weighted by molar-refractivity contribution is 7.92. The van der Waals surface area contributed by atoms with Gasteiger partial charge in [0.1, 0.15) is 6.61 Å². The van der Waals surface area contributed by atoms with Crippen molar-refractivity contribution in [2.75, 3.05) is 37.6 Å². The summed E-state index contributed by atoms with van der Waals surface area (Å²) in [5.74, 6) is 0.195. The normalized spacial score (nSPS) is 18.4. The zero-order valence-corrected chi connectivity index (χ0v) is 17.7. The Kier molecular flexibility index (Phi) is 5.84. The Hall–Kier alpha value is -3.11. The molecule has 2 aliphatic heterocycles. The molecule has 31 heavy (non-hydrogen) atoms. The number of hydrogen-bond donors (Lipinski definition) is 1. The van der Waals surface area contributed by atoms with E-state index in [0.717, 1.165) is 0 Å². The quantitative estimate of drug-likeness (QED) is 0.696. The second-order valence-electron chi connectivity index (χ2n) is 7.21. The first-order valence-electron chi connectivity index (χ1n) is 9.77. The average Bonchev–Trinajstić information content (AvgIpc) is 2.78. The van der Waals surface area contributed by atoms with Crippen molar-refractivity contribution in [2.45, 2.75) is 17.9 Å². The fourth-order valence-electron chi connectivity index (χ4n) is 3.34. The number of carbonyl (C=O) groups excluding carboxylic acids is 2. The number of nitrogens with zero attached hydrogens (tertiary/aromatic N) is 1. The van der Waals surface area contributed by atoms with Crippen molar-refractivity contribution in [3.05, 3.63) is 48.0 Å². The number of Topliss-reactive ketones (excluding diaryl/α,β-unsaturated/α-hetero) is 1. The Morgan fingerprint density at radius 2 is 1.84 bits per heavy atom. The SMILES string of the molecule is CC(=O)c1cccc(NS(=O)(=O)c2ccc3c(c2)OC[C@@H](C(=O)N2CCOCC2)O3)c1. The van der Waals surface area contributed by atoms with Gasteiger partial charge >= 0.3 is 0 Å². The van der Waals surface area contributed by atoms with E-state index in [0.29, 0.717) is 37.6 Å². The van der Waals surface area contributed by atoms with Crippen molar-refractivity contribution in [3.63, 3.8) is 0 Å². The van der Waals surface area contributed by atoms with Crippen molar-refractivity contribution in [1.82, 2.24) is 4.90 Å². The van der Waals surface area contributed by atoms with Crippen molar-refractivity contribution in [1.29, 1.82) is 0 Å². The van der Waals surface area contributed by atoms with E-state index in [2.05, 4.69) is 4.72 Å². The molecule has 9 nitrogen and oxygen atoms in total. The molecule has 1 saturated heterocycles. The minimum Gasteiger partial charge on any atom is -0.485 e. The van der Waals surface area contributed by atoms with E-state index in [4.69, 9.17) is 14.2 Å². The van der Waals surface area contributed by atoms with Crippen LogP contribution in [-0.4, -0.2) is 64.0 Å². The maximum atomic E-state index is 12.8. The molecule has 0 aromatic heterocycles. The number of morpholine rings is 1. The molecule has 4 rings (SSSR count). The van der Waals surface area contributed by atoms with E-state index >= 15 is 0 Å². The highest BCUT2D eigenvalue weighted by Crippen LogP contribution is 2.34. The van der Waals surface area contributed by atoms with Gasteiger partial charge in [0, 0.05) is 30.4 Å². The van der Waals surface area contributed by atoms with Crippen LogP contribution in [0.4, 0.5) is 5.69 Å². The molecule has 1 amide bonds. The number of rotatable bonds is 5. The zero-order valence-electron chi connectivity index (χ0n) is 16.9. The van der Waals surface area contributed by atoms with Crippen LogP contribution in [0.25, 0.3) is 0 Å². The number of nitrogens with one attached hydrogen (secondary N) is 1. The first-order valence-corrected chi connectivity index (χ1v) is 11.3. The average molecular weight is 446 g/mol. The van der Waals surface area contributed by atoms with Gasteiger partial charge in [0.25, 0.3) is 15.9 Å². The summed E-state index contributed by atoms with van der Waals surface area (Å²) in [4.78, 5) is 25.8. The third kappa shape index (κ3) is 4.64. The number of benzene rings is 2. The molecule has 0 radical (unpaired) electrons. The molecular weight excluding hydrogens is 424 g/mol. The molecule has 0 bridgehead atoms. The van der Waals surface area contributed by atoms with Gasteiger partial charge in [0.05, 0.1) is 18.1 Å². The third-order valence-corrected chi connectivity index (χ3v) is 6.38. The number of ketones is 1. The third-order valence-electron chi connectivity index (χ3n) is 5.00. The van der Waals surface area contributed by atoms with Crippen LogP contribution < -0.4 is 14.2 Å². The molecule has 2 aromatic carbocycles. The molecule has 1 atom stereocenters. The second-order valence-corrected chi connectivity index (χ2v) is 8.89. The standard InChI is InChI=1S/C21H22N2O7S/c1-14(24)15-3-2-4-16(11-15)22-31(26,27)17-5-6-18-19(12-17)29-13-20(30-18)21(25)23-7-9-28-10-8-23/h2-6,11-12,20,22H,7-10,13H2,1H3/t20-/m0/s1. The summed E-state index contributed by atoms with van der Waals surface area (Å²) in [7, 11) is -3.92. The molecule has 0 unspecified atom stereocenters. The molecule has 0 saturated carbocycles. The largest absolute Gasteiger partial charge is 0.485 e. The van der Waals surface area contributed by atoms with Gasteiger partial charge in [-0.25, -0.2) is 8.42 Å².